The summed E-state index contributed by atoms with van der Waals surface area (Å²) in [4.78, 5) is 23.2. The molecular weight excluding hydrogens is 278 g/mol. The summed E-state index contributed by atoms with van der Waals surface area (Å²) in [6, 6.07) is -0.0530. The van der Waals surface area contributed by atoms with Crippen LogP contribution in [-0.4, -0.2) is 24.4 Å². The van der Waals surface area contributed by atoms with E-state index in [9.17, 15) is 9.59 Å². The molecule has 0 spiro atoms. The lowest BCUT2D eigenvalue weighted by Crippen LogP contribution is -2.47. The molecule has 0 radical (unpaired) electrons. The van der Waals surface area contributed by atoms with Crippen LogP contribution >= 0.6 is 12.4 Å². The minimum Gasteiger partial charge on any atom is -0.369 e. The Morgan fingerprint density at radius 1 is 1.05 bits per heavy atom. The number of carbonyl (C=O) groups is 2. The van der Waals surface area contributed by atoms with Gasteiger partial charge in [-0.2, -0.15) is 0 Å². The molecule has 0 aromatic heterocycles. The maximum absolute atomic E-state index is 11.8. The zero-order chi connectivity index (χ0) is 14.1. The van der Waals surface area contributed by atoms with Crippen molar-refractivity contribution in [1.29, 1.82) is 0 Å². The molecule has 0 aliphatic heterocycles. The van der Waals surface area contributed by atoms with Crippen molar-refractivity contribution >= 4 is 24.2 Å². The maximum Gasteiger partial charge on any atom is 0.222 e. The van der Waals surface area contributed by atoms with Crippen molar-refractivity contribution in [3.8, 4) is 0 Å². The Kier molecular flexibility index (Phi) is 10.5. The number of rotatable bonds is 8. The lowest BCUT2D eigenvalue weighted by molar-refractivity contribution is -0.126. The van der Waals surface area contributed by atoms with Crippen molar-refractivity contribution in [2.75, 3.05) is 6.54 Å². The van der Waals surface area contributed by atoms with Gasteiger partial charge in [0, 0.05) is 12.5 Å². The molecule has 2 amide bonds. The van der Waals surface area contributed by atoms with Crippen molar-refractivity contribution in [2.24, 2.45) is 17.4 Å². The van der Waals surface area contributed by atoms with E-state index in [1.807, 2.05) is 0 Å². The summed E-state index contributed by atoms with van der Waals surface area (Å²) in [6.45, 7) is 0.717. The molecule has 118 valence electrons. The molecule has 20 heavy (non-hydrogen) atoms. The first-order chi connectivity index (χ1) is 9.15. The van der Waals surface area contributed by atoms with Crippen molar-refractivity contribution in [3.05, 3.63) is 0 Å². The Balaban J connectivity index is 0.00000361. The van der Waals surface area contributed by atoms with E-state index in [4.69, 9.17) is 11.5 Å². The lowest BCUT2D eigenvalue weighted by Gasteiger charge is -2.30. The van der Waals surface area contributed by atoms with Crippen LogP contribution in [0.5, 0.6) is 0 Å². The molecule has 1 fully saturated rings. The minimum absolute atomic E-state index is 0. The summed E-state index contributed by atoms with van der Waals surface area (Å²) >= 11 is 0. The highest BCUT2D eigenvalue weighted by molar-refractivity contribution is 5.85. The van der Waals surface area contributed by atoms with Gasteiger partial charge in [-0.1, -0.05) is 25.7 Å². The van der Waals surface area contributed by atoms with Gasteiger partial charge in [0.25, 0.3) is 0 Å². The third kappa shape index (κ3) is 7.10. The Morgan fingerprint density at radius 3 is 2.35 bits per heavy atom. The fourth-order valence-corrected chi connectivity index (χ4v) is 2.71. The van der Waals surface area contributed by atoms with Gasteiger partial charge in [-0.05, 0) is 32.2 Å². The Bertz CT molecular complexity index is 300. The van der Waals surface area contributed by atoms with Gasteiger partial charge in [0.05, 0.1) is 5.92 Å². The van der Waals surface area contributed by atoms with Gasteiger partial charge >= 0.3 is 0 Å². The highest BCUT2D eigenvalue weighted by atomic mass is 35.5. The molecule has 0 aromatic carbocycles. The third-order valence-corrected chi connectivity index (χ3v) is 3.84. The number of nitrogens with one attached hydrogen (secondary N) is 1. The van der Waals surface area contributed by atoms with Crippen molar-refractivity contribution in [2.45, 2.75) is 63.8 Å². The molecule has 5 N–H and O–H groups in total. The number of nitrogens with two attached hydrogens (primary N) is 2. The number of hydrogen-bond donors (Lipinski definition) is 3. The molecule has 0 saturated heterocycles. The van der Waals surface area contributed by atoms with E-state index in [1.54, 1.807) is 0 Å². The topological polar surface area (TPSA) is 98.2 Å². The normalized spacial score (nSPS) is 21.9. The van der Waals surface area contributed by atoms with E-state index >= 15 is 0 Å². The summed E-state index contributed by atoms with van der Waals surface area (Å²) in [5.41, 5.74) is 10.8. The number of carbonyl (C=O) groups excluding carboxylic acids is 2. The molecular formula is C14H28ClN3O2. The highest BCUT2D eigenvalue weighted by Gasteiger charge is 2.30. The Hall–Kier alpha value is -0.810. The van der Waals surface area contributed by atoms with Crippen LogP contribution in [0.1, 0.15) is 57.8 Å². The molecule has 1 aliphatic rings. The summed E-state index contributed by atoms with van der Waals surface area (Å²) in [5, 5.41) is 2.98. The van der Waals surface area contributed by atoms with Crippen LogP contribution in [0.3, 0.4) is 0 Å². The van der Waals surface area contributed by atoms with Gasteiger partial charge in [0.2, 0.25) is 11.8 Å². The van der Waals surface area contributed by atoms with Gasteiger partial charge in [-0.25, -0.2) is 0 Å². The van der Waals surface area contributed by atoms with Gasteiger partial charge in [-0.15, -0.1) is 12.4 Å². The van der Waals surface area contributed by atoms with Crippen LogP contribution in [0, 0.1) is 5.92 Å². The van der Waals surface area contributed by atoms with E-state index in [1.165, 1.54) is 0 Å². The molecule has 0 aromatic rings. The first kappa shape index (κ1) is 19.2. The number of amides is 2. The fourth-order valence-electron chi connectivity index (χ4n) is 2.71. The van der Waals surface area contributed by atoms with Gasteiger partial charge in [0.1, 0.15) is 0 Å². The predicted molar refractivity (Wildman–Crippen MR) is 82.5 cm³/mol. The van der Waals surface area contributed by atoms with Gasteiger partial charge in [-0.3, -0.25) is 9.59 Å². The van der Waals surface area contributed by atoms with Crippen molar-refractivity contribution in [1.82, 2.24) is 5.32 Å². The van der Waals surface area contributed by atoms with Crippen LogP contribution in [0.15, 0.2) is 0 Å². The third-order valence-electron chi connectivity index (χ3n) is 3.84. The molecule has 2 unspecified atom stereocenters. The van der Waals surface area contributed by atoms with Crippen molar-refractivity contribution in [3.63, 3.8) is 0 Å². The SMILES string of the molecule is Cl.NCCCCCCC(=O)NC1CCCCC1C(N)=O. The van der Waals surface area contributed by atoms with E-state index in [2.05, 4.69) is 5.32 Å². The summed E-state index contributed by atoms with van der Waals surface area (Å²) in [5.74, 6) is -0.422. The van der Waals surface area contributed by atoms with E-state index in [0.717, 1.165) is 51.4 Å². The lowest BCUT2D eigenvalue weighted by atomic mass is 9.84. The highest BCUT2D eigenvalue weighted by Crippen LogP contribution is 2.24. The quantitative estimate of drug-likeness (QED) is 0.592. The number of primary amides is 1. The summed E-state index contributed by atoms with van der Waals surface area (Å²) < 4.78 is 0. The number of unbranched alkanes of at least 4 members (excludes halogenated alkanes) is 3. The average Bonchev–Trinajstić information content (AvgIpc) is 2.39. The van der Waals surface area contributed by atoms with Crippen molar-refractivity contribution < 1.29 is 9.59 Å². The zero-order valence-corrected chi connectivity index (χ0v) is 12.9. The van der Waals surface area contributed by atoms with Crippen LogP contribution in [0.2, 0.25) is 0 Å². The van der Waals surface area contributed by atoms with Crippen LogP contribution in [0.4, 0.5) is 0 Å². The molecule has 2 atom stereocenters. The molecule has 1 saturated carbocycles. The second-order valence-electron chi connectivity index (χ2n) is 5.42. The average molecular weight is 306 g/mol. The Morgan fingerprint density at radius 2 is 1.70 bits per heavy atom. The molecule has 0 bridgehead atoms. The standard InChI is InChI=1S/C14H27N3O2.ClH/c15-10-6-2-1-3-9-13(18)17-12-8-5-4-7-11(12)14(16)19;/h11-12H,1-10,15H2,(H2,16,19)(H,17,18);1H. The number of halogens is 1. The first-order valence-electron chi connectivity index (χ1n) is 7.44. The second-order valence-corrected chi connectivity index (χ2v) is 5.42. The van der Waals surface area contributed by atoms with Crippen LogP contribution in [-0.2, 0) is 9.59 Å². The maximum atomic E-state index is 11.8. The number of hydrogen-bond acceptors (Lipinski definition) is 3. The van der Waals surface area contributed by atoms with Crippen LogP contribution in [0.25, 0.3) is 0 Å². The zero-order valence-electron chi connectivity index (χ0n) is 12.1. The first-order valence-corrected chi connectivity index (χ1v) is 7.44. The largest absolute Gasteiger partial charge is 0.369 e. The van der Waals surface area contributed by atoms with E-state index in [0.29, 0.717) is 13.0 Å². The Labute approximate surface area is 127 Å². The molecule has 6 heteroatoms. The van der Waals surface area contributed by atoms with E-state index in [-0.39, 0.29) is 36.2 Å². The molecule has 1 rings (SSSR count). The smallest absolute Gasteiger partial charge is 0.222 e. The predicted octanol–water partition coefficient (Wildman–Crippen LogP) is 1.48. The molecule has 5 nitrogen and oxygen atoms in total. The summed E-state index contributed by atoms with van der Waals surface area (Å²) in [7, 11) is 0. The van der Waals surface area contributed by atoms with Gasteiger partial charge < -0.3 is 16.8 Å². The summed E-state index contributed by atoms with van der Waals surface area (Å²) in [6.07, 6.45) is 8.32. The second kappa shape index (κ2) is 10.9. The van der Waals surface area contributed by atoms with Crippen LogP contribution < -0.4 is 16.8 Å². The molecule has 0 heterocycles. The minimum atomic E-state index is -0.284. The monoisotopic (exact) mass is 305 g/mol. The molecule has 1 aliphatic carbocycles. The fraction of sp³-hybridized carbons (Fsp3) is 0.857. The van der Waals surface area contributed by atoms with E-state index < -0.39 is 0 Å². The van der Waals surface area contributed by atoms with Gasteiger partial charge in [0.15, 0.2) is 0 Å².